The van der Waals surface area contributed by atoms with Crippen LogP contribution in [-0.2, 0) is 20.0 Å². The zero-order valence-electron chi connectivity index (χ0n) is 18.4. The summed E-state index contributed by atoms with van der Waals surface area (Å²) in [6, 6.07) is 7.85. The first-order chi connectivity index (χ1) is 16.6. The summed E-state index contributed by atoms with van der Waals surface area (Å²) in [5, 5.41) is 16.6. The predicted octanol–water partition coefficient (Wildman–Crippen LogP) is 0.660. The molecule has 0 spiro atoms. The number of azo groups is 1. The van der Waals surface area contributed by atoms with Crippen molar-refractivity contribution in [1.82, 2.24) is 20.0 Å². The van der Waals surface area contributed by atoms with E-state index in [2.05, 4.69) is 35.2 Å². The number of fused-ring (bicyclic) bond motifs is 1. The maximum atomic E-state index is 13.3. The average Bonchev–Trinajstić information content (AvgIpc) is 3.57. The first-order valence-electron chi connectivity index (χ1n) is 10.7. The lowest BCUT2D eigenvalue weighted by molar-refractivity contribution is 0.548. The van der Waals surface area contributed by atoms with Gasteiger partial charge in [0.2, 0.25) is 20.0 Å². The number of imidazole rings is 1. The van der Waals surface area contributed by atoms with Crippen LogP contribution in [0.1, 0.15) is 18.4 Å². The summed E-state index contributed by atoms with van der Waals surface area (Å²) in [5.74, 6) is 0.126. The van der Waals surface area contributed by atoms with Gasteiger partial charge in [-0.1, -0.05) is 18.2 Å². The highest BCUT2D eigenvalue weighted by atomic mass is 32.2. The van der Waals surface area contributed by atoms with Crippen LogP contribution in [0, 0.1) is 0 Å². The van der Waals surface area contributed by atoms with Gasteiger partial charge in [0.15, 0.2) is 18.5 Å². The van der Waals surface area contributed by atoms with Gasteiger partial charge < -0.3 is 16.0 Å². The molecule has 0 saturated carbocycles. The molecule has 1 atom stereocenters. The lowest BCUT2D eigenvalue weighted by Gasteiger charge is -2.18. The van der Waals surface area contributed by atoms with E-state index in [0.29, 0.717) is 22.2 Å². The van der Waals surface area contributed by atoms with Crippen molar-refractivity contribution in [3.63, 3.8) is 0 Å². The number of primary sulfonamides is 1. The Morgan fingerprint density at radius 1 is 1.11 bits per heavy atom. The Morgan fingerprint density at radius 3 is 2.63 bits per heavy atom. The molecule has 0 unspecified atom stereocenters. The zero-order chi connectivity index (χ0) is 24.8. The molecule has 0 bridgehead atoms. The number of hydrogen-bond acceptors (Lipinski definition) is 10. The first-order valence-corrected chi connectivity index (χ1v) is 13.8. The third-order valence-electron chi connectivity index (χ3n) is 5.87. The molecule has 2 aliphatic heterocycles. The van der Waals surface area contributed by atoms with Crippen molar-refractivity contribution in [2.45, 2.75) is 28.7 Å². The molecule has 35 heavy (non-hydrogen) atoms. The van der Waals surface area contributed by atoms with E-state index in [1.165, 1.54) is 12.1 Å². The Morgan fingerprint density at radius 2 is 1.94 bits per heavy atom. The van der Waals surface area contributed by atoms with E-state index >= 15 is 0 Å². The molecule has 13 nitrogen and oxygen atoms in total. The van der Waals surface area contributed by atoms with E-state index in [1.807, 2.05) is 0 Å². The van der Waals surface area contributed by atoms with Gasteiger partial charge in [-0.25, -0.2) is 36.7 Å². The second-order valence-electron chi connectivity index (χ2n) is 8.19. The number of nitrogens with one attached hydrogen (secondary N) is 3. The van der Waals surface area contributed by atoms with Crippen LogP contribution in [0.5, 0.6) is 0 Å². The van der Waals surface area contributed by atoms with Gasteiger partial charge in [-0.05, 0) is 37.1 Å². The largest absolute Gasteiger partial charge is 0.369 e. The molecule has 184 valence electrons. The SMILES string of the molecule is Nc1nc2c(-c3ccc(S(=O)(=O)NC[C@H]4CCCN4)c(S(N)(=O)=O)c3C3=NCN=N3)cccc2[nH]1. The molecule has 3 aromatic rings. The molecule has 1 saturated heterocycles. The molecule has 0 radical (unpaired) electrons. The number of aromatic nitrogens is 2. The Labute approximate surface area is 201 Å². The highest BCUT2D eigenvalue weighted by Gasteiger charge is 2.33. The smallest absolute Gasteiger partial charge is 0.241 e. The summed E-state index contributed by atoms with van der Waals surface area (Å²) in [6.45, 7) is 0.874. The van der Waals surface area contributed by atoms with Crippen molar-refractivity contribution in [3.05, 3.63) is 35.9 Å². The van der Waals surface area contributed by atoms with Gasteiger partial charge in [-0.2, -0.15) is 5.11 Å². The molecule has 1 aromatic heterocycles. The molecule has 5 rings (SSSR count). The third-order valence-corrected chi connectivity index (χ3v) is 8.46. The number of nitrogens with zero attached hydrogens (tertiary/aromatic N) is 4. The predicted molar refractivity (Wildman–Crippen MR) is 130 cm³/mol. The summed E-state index contributed by atoms with van der Waals surface area (Å²) in [5.41, 5.74) is 7.65. The maximum absolute atomic E-state index is 13.3. The Balaban J connectivity index is 1.75. The fraction of sp³-hybridized carbons (Fsp3) is 0.300. The Bertz CT molecular complexity index is 1590. The normalized spacial score (nSPS) is 18.4. The number of aromatic amines is 1. The van der Waals surface area contributed by atoms with Crippen molar-refractivity contribution in [1.29, 1.82) is 0 Å². The monoisotopic (exact) mass is 517 g/mol. The van der Waals surface area contributed by atoms with E-state index < -0.39 is 29.8 Å². The number of nitrogen functional groups attached to an aromatic ring is 1. The van der Waals surface area contributed by atoms with Crippen molar-refractivity contribution in [2.75, 3.05) is 25.5 Å². The Hall–Kier alpha value is -3.24. The highest BCUT2D eigenvalue weighted by Crippen LogP contribution is 2.37. The molecule has 0 aliphatic carbocycles. The molecule has 15 heteroatoms. The molecule has 0 amide bonds. The molecule has 1 fully saturated rings. The van der Waals surface area contributed by atoms with E-state index in [4.69, 9.17) is 10.9 Å². The van der Waals surface area contributed by atoms with Crippen LogP contribution >= 0.6 is 0 Å². The minimum atomic E-state index is -4.57. The fourth-order valence-corrected chi connectivity index (χ4v) is 7.03. The number of benzene rings is 2. The van der Waals surface area contributed by atoms with E-state index in [9.17, 15) is 16.8 Å². The molecular weight excluding hydrogens is 494 g/mol. The van der Waals surface area contributed by atoms with Crippen LogP contribution in [-0.4, -0.2) is 58.4 Å². The van der Waals surface area contributed by atoms with Crippen LogP contribution in [0.25, 0.3) is 22.2 Å². The summed E-state index contributed by atoms with van der Waals surface area (Å²) in [4.78, 5) is 10.3. The van der Waals surface area contributed by atoms with E-state index in [0.717, 1.165) is 19.4 Å². The molecule has 7 N–H and O–H groups in total. The van der Waals surface area contributed by atoms with Gasteiger partial charge in [0.1, 0.15) is 9.79 Å². The minimum Gasteiger partial charge on any atom is -0.369 e. The van der Waals surface area contributed by atoms with Gasteiger partial charge in [0.25, 0.3) is 0 Å². The Kier molecular flexibility index (Phi) is 5.88. The summed E-state index contributed by atoms with van der Waals surface area (Å²) in [7, 11) is -8.84. The average molecular weight is 518 g/mol. The van der Waals surface area contributed by atoms with Crippen molar-refractivity contribution >= 4 is 42.9 Å². The number of H-pyrrole nitrogens is 1. The minimum absolute atomic E-state index is 0.0268. The van der Waals surface area contributed by atoms with Crippen LogP contribution in [0.2, 0.25) is 0 Å². The van der Waals surface area contributed by atoms with Crippen molar-refractivity contribution < 1.29 is 16.8 Å². The quantitative estimate of drug-likeness (QED) is 0.302. The van der Waals surface area contributed by atoms with E-state index in [1.54, 1.807) is 18.2 Å². The summed E-state index contributed by atoms with van der Waals surface area (Å²) in [6.07, 6.45) is 1.74. The highest BCUT2D eigenvalue weighted by molar-refractivity contribution is 7.92. The number of anilines is 1. The number of para-hydroxylation sites is 1. The number of amidine groups is 1. The van der Waals surface area contributed by atoms with Gasteiger partial charge in [-0.15, -0.1) is 5.11 Å². The zero-order valence-corrected chi connectivity index (χ0v) is 20.0. The fourth-order valence-electron chi connectivity index (χ4n) is 4.35. The van der Waals surface area contributed by atoms with E-state index in [-0.39, 0.29) is 36.6 Å². The number of rotatable bonds is 7. The number of aliphatic imine (C=N–C) groups is 1. The van der Waals surface area contributed by atoms with Gasteiger partial charge in [-0.3, -0.25) is 0 Å². The summed E-state index contributed by atoms with van der Waals surface area (Å²) >= 11 is 0. The number of nitrogens with two attached hydrogens (primary N) is 2. The topological polar surface area (TPSA) is 210 Å². The second kappa shape index (κ2) is 8.76. The van der Waals surface area contributed by atoms with Crippen LogP contribution in [0.4, 0.5) is 5.95 Å². The van der Waals surface area contributed by atoms with Crippen LogP contribution in [0.15, 0.2) is 55.3 Å². The molecule has 2 aromatic carbocycles. The number of sulfonamides is 2. The van der Waals surface area contributed by atoms with Crippen molar-refractivity contribution in [3.8, 4) is 11.1 Å². The lowest BCUT2D eigenvalue weighted by Crippen LogP contribution is -2.38. The van der Waals surface area contributed by atoms with Gasteiger partial charge in [0.05, 0.1) is 16.6 Å². The van der Waals surface area contributed by atoms with Crippen molar-refractivity contribution in [2.24, 2.45) is 20.4 Å². The first kappa shape index (κ1) is 23.5. The lowest BCUT2D eigenvalue weighted by atomic mass is 9.97. The standard InChI is InChI=1S/C20H23N9O4S2/c21-20-27-14-5-1-4-13(17(14)28-20)12-6-7-15(35(32,33)26-9-11-3-2-8-23-11)18(34(22,30)31)16(12)19-24-10-25-29-19/h1,4-7,11,23,26H,2-3,8-10H2,(H3,21,27,28)(H2,22,30,31)/t11-/m1/s1. The molecule has 3 heterocycles. The van der Waals surface area contributed by atoms with Gasteiger partial charge >= 0.3 is 0 Å². The van der Waals surface area contributed by atoms with Crippen LogP contribution in [0.3, 0.4) is 0 Å². The molecule has 2 aliphatic rings. The summed E-state index contributed by atoms with van der Waals surface area (Å²) < 4.78 is 54.9. The third kappa shape index (κ3) is 4.43. The maximum Gasteiger partial charge on any atom is 0.241 e. The van der Waals surface area contributed by atoms with Crippen LogP contribution < -0.4 is 20.9 Å². The molecular formula is C20H23N9O4S2. The second-order valence-corrected chi connectivity index (χ2v) is 11.4. The van der Waals surface area contributed by atoms with Gasteiger partial charge in [0, 0.05) is 18.2 Å². The number of hydrogen-bond donors (Lipinski definition) is 5.